The summed E-state index contributed by atoms with van der Waals surface area (Å²) < 4.78 is 0. The van der Waals surface area contributed by atoms with E-state index in [2.05, 4.69) is 61.9 Å². The minimum Gasteiger partial charge on any atom is -0.378 e. The van der Waals surface area contributed by atoms with Crippen molar-refractivity contribution < 1.29 is 9.90 Å². The molecule has 0 aliphatic heterocycles. The van der Waals surface area contributed by atoms with Crippen molar-refractivity contribution in [3.63, 3.8) is 0 Å². The number of hydrogen-bond donors (Lipinski definition) is 5. The number of allylic oxidation sites excluding steroid dienone is 14. The molecule has 9 heteroatoms. The standard InChI is InChI=1S/C42H57N7O2/c1-11-16-17-21-29(6)26-39(50)46-32(9)40-44-27-36(48-40)22-18-23-37(43-15-5)34(14-4)25-24-30(7)38-28-45-41(49-38)33(10)47-42(51)31(8)35(19-12-2)20-13-3/h11-18,20-21,23-25,27-28,31-33,35,39,46,50H,2,5-7,19,22,26H2,1,3-4,8-10H3,(H,44,48)(H,45,49)(H,47,51)/b16-11-,20-13-,21-17-,23-18-,25-24-,34-14+,43-37-/t31-,32+,33+,35-,39-/m1/s1. The lowest BCUT2D eigenvalue weighted by atomic mass is 9.89. The Morgan fingerprint density at radius 1 is 0.961 bits per heavy atom. The minimum atomic E-state index is -0.748. The number of carbonyl (C=O) groups is 1. The van der Waals surface area contributed by atoms with Crippen LogP contribution in [0.3, 0.4) is 0 Å². The molecule has 5 N–H and O–H groups in total. The van der Waals surface area contributed by atoms with Crippen molar-refractivity contribution in [1.29, 1.82) is 0 Å². The van der Waals surface area contributed by atoms with Crippen molar-refractivity contribution in [2.24, 2.45) is 16.8 Å². The van der Waals surface area contributed by atoms with E-state index < -0.39 is 6.23 Å². The average Bonchev–Trinajstić information content (AvgIpc) is 3.79. The first-order valence-corrected chi connectivity index (χ1v) is 17.4. The number of aromatic amines is 2. The summed E-state index contributed by atoms with van der Waals surface area (Å²) in [6.45, 7) is 27.5. The van der Waals surface area contributed by atoms with Gasteiger partial charge in [-0.1, -0.05) is 99.1 Å². The number of imidazole rings is 2. The predicted molar refractivity (Wildman–Crippen MR) is 214 cm³/mol. The van der Waals surface area contributed by atoms with Gasteiger partial charge in [0.15, 0.2) is 0 Å². The van der Waals surface area contributed by atoms with Crippen LogP contribution in [0.1, 0.15) is 89.5 Å². The first-order chi connectivity index (χ1) is 24.5. The van der Waals surface area contributed by atoms with E-state index in [0.29, 0.717) is 18.7 Å². The van der Waals surface area contributed by atoms with Crippen molar-refractivity contribution in [2.45, 2.75) is 79.1 Å². The molecule has 2 rings (SSSR count). The highest BCUT2D eigenvalue weighted by Crippen LogP contribution is 2.21. The highest BCUT2D eigenvalue weighted by Gasteiger charge is 2.23. The van der Waals surface area contributed by atoms with Crippen LogP contribution < -0.4 is 10.6 Å². The Labute approximate surface area is 305 Å². The van der Waals surface area contributed by atoms with Gasteiger partial charge < -0.3 is 20.4 Å². The topological polar surface area (TPSA) is 131 Å². The lowest BCUT2D eigenvalue weighted by molar-refractivity contribution is -0.126. The van der Waals surface area contributed by atoms with Crippen molar-refractivity contribution in [1.82, 2.24) is 30.6 Å². The summed E-state index contributed by atoms with van der Waals surface area (Å²) in [4.78, 5) is 33.1. The van der Waals surface area contributed by atoms with Crippen LogP contribution in [0.4, 0.5) is 0 Å². The second kappa shape index (κ2) is 22.6. The second-order valence-electron chi connectivity index (χ2n) is 12.3. The maximum absolute atomic E-state index is 13.0. The molecule has 0 aromatic carbocycles. The third kappa shape index (κ3) is 14.3. The number of nitrogens with one attached hydrogen (secondary N) is 4. The van der Waals surface area contributed by atoms with Crippen LogP contribution in [-0.4, -0.2) is 42.9 Å². The van der Waals surface area contributed by atoms with E-state index in [1.54, 1.807) is 12.4 Å². The summed E-state index contributed by atoms with van der Waals surface area (Å²) in [6.07, 6.45) is 29.3. The van der Waals surface area contributed by atoms with Gasteiger partial charge in [-0.15, -0.1) is 6.58 Å². The number of hydrogen-bond acceptors (Lipinski definition) is 6. The normalized spacial score (nSPS) is 15.9. The van der Waals surface area contributed by atoms with Crippen LogP contribution in [0, 0.1) is 11.8 Å². The molecule has 0 fully saturated rings. The molecule has 1 amide bonds. The van der Waals surface area contributed by atoms with Gasteiger partial charge in [-0.25, -0.2) is 9.97 Å². The minimum absolute atomic E-state index is 0.0367. The maximum atomic E-state index is 13.0. The van der Waals surface area contributed by atoms with E-state index in [4.69, 9.17) is 0 Å². The highest BCUT2D eigenvalue weighted by atomic mass is 16.3. The molecular weight excluding hydrogens is 635 g/mol. The highest BCUT2D eigenvalue weighted by molar-refractivity contribution is 6.10. The lowest BCUT2D eigenvalue weighted by Gasteiger charge is -2.21. The smallest absolute Gasteiger partial charge is 0.224 e. The summed E-state index contributed by atoms with van der Waals surface area (Å²) in [6, 6.07) is -0.489. The zero-order valence-corrected chi connectivity index (χ0v) is 31.2. The first kappa shape index (κ1) is 42.0. The van der Waals surface area contributed by atoms with Gasteiger partial charge in [0.1, 0.15) is 17.9 Å². The fourth-order valence-electron chi connectivity index (χ4n) is 5.18. The monoisotopic (exact) mass is 691 g/mol. The molecule has 2 aromatic heterocycles. The van der Waals surface area contributed by atoms with Crippen molar-refractivity contribution in [3.05, 3.63) is 152 Å². The number of aliphatic hydroxyl groups excluding tert-OH is 1. The molecule has 2 heterocycles. The molecule has 272 valence electrons. The van der Waals surface area contributed by atoms with E-state index in [-0.39, 0.29) is 29.8 Å². The molecule has 5 atom stereocenters. The Morgan fingerprint density at radius 2 is 1.69 bits per heavy atom. The summed E-state index contributed by atoms with van der Waals surface area (Å²) >= 11 is 0. The summed E-state index contributed by atoms with van der Waals surface area (Å²) in [5.41, 5.74) is 4.86. The lowest BCUT2D eigenvalue weighted by Crippen LogP contribution is -2.35. The van der Waals surface area contributed by atoms with Crippen molar-refractivity contribution >= 4 is 17.2 Å². The molecule has 2 aromatic rings. The Hall–Kier alpha value is -5.12. The summed E-state index contributed by atoms with van der Waals surface area (Å²) in [5, 5.41) is 16.7. The van der Waals surface area contributed by atoms with Crippen LogP contribution in [0.25, 0.3) is 5.57 Å². The predicted octanol–water partition coefficient (Wildman–Crippen LogP) is 8.66. The third-order valence-electron chi connectivity index (χ3n) is 8.15. The number of carbonyl (C=O) groups excluding carboxylic acids is 1. The fraction of sp³-hybridized carbons (Fsp3) is 0.333. The number of rotatable bonds is 22. The van der Waals surface area contributed by atoms with Crippen LogP contribution in [-0.2, 0) is 11.2 Å². The van der Waals surface area contributed by atoms with Gasteiger partial charge in [0.2, 0.25) is 5.91 Å². The van der Waals surface area contributed by atoms with Crippen LogP contribution in [0.2, 0.25) is 0 Å². The van der Waals surface area contributed by atoms with Gasteiger partial charge in [0.05, 0.1) is 29.7 Å². The number of nitrogens with zero attached hydrogens (tertiary/aromatic N) is 3. The Bertz CT molecular complexity index is 1680. The molecular formula is C42H57N7O2. The molecule has 0 bridgehead atoms. The van der Waals surface area contributed by atoms with Crippen molar-refractivity contribution in [3.8, 4) is 0 Å². The zero-order valence-electron chi connectivity index (χ0n) is 31.2. The molecule has 0 saturated carbocycles. The van der Waals surface area contributed by atoms with Crippen LogP contribution >= 0.6 is 0 Å². The number of amides is 1. The largest absolute Gasteiger partial charge is 0.378 e. The Kier molecular flexibility index (Phi) is 18.6. The molecule has 9 nitrogen and oxygen atoms in total. The van der Waals surface area contributed by atoms with Gasteiger partial charge in [-0.2, -0.15) is 0 Å². The van der Waals surface area contributed by atoms with E-state index >= 15 is 0 Å². The van der Waals surface area contributed by atoms with Gasteiger partial charge in [0, 0.05) is 36.9 Å². The summed E-state index contributed by atoms with van der Waals surface area (Å²) in [5.74, 6) is 1.23. The van der Waals surface area contributed by atoms with Crippen LogP contribution in [0.15, 0.2) is 134 Å². The molecule has 0 spiro atoms. The maximum Gasteiger partial charge on any atom is 0.224 e. The SMILES string of the molecule is C=CC[C@H](/C=C\C)[C@@H](C)C(=O)N[C@@H](C)c1ncc(C(=C)\C=C/C(=C\C)C(/C=C\Cc2cnc([C@H](C)N[C@H](O)CC(=C)/C=C\C=C/C)[nH]2)=N\C=C)[nH]1. The van der Waals surface area contributed by atoms with E-state index in [9.17, 15) is 9.90 Å². The average molecular weight is 692 g/mol. The molecule has 0 aliphatic rings. The number of aliphatic hydroxyl groups is 1. The van der Waals surface area contributed by atoms with Gasteiger partial charge >= 0.3 is 0 Å². The van der Waals surface area contributed by atoms with Crippen molar-refractivity contribution in [2.75, 3.05) is 0 Å². The number of aromatic nitrogens is 4. The van der Waals surface area contributed by atoms with Gasteiger partial charge in [-0.3, -0.25) is 15.1 Å². The molecule has 0 unspecified atom stereocenters. The second-order valence-corrected chi connectivity index (χ2v) is 12.3. The summed E-state index contributed by atoms with van der Waals surface area (Å²) in [7, 11) is 0. The zero-order chi connectivity index (χ0) is 37.8. The molecule has 51 heavy (non-hydrogen) atoms. The first-order valence-electron chi connectivity index (χ1n) is 17.4. The molecule has 0 aliphatic carbocycles. The quantitative estimate of drug-likeness (QED) is 0.0365. The number of aliphatic imine (C=N–C) groups is 1. The third-order valence-corrected chi connectivity index (χ3v) is 8.15. The van der Waals surface area contributed by atoms with E-state index in [1.807, 2.05) is 114 Å². The van der Waals surface area contributed by atoms with Crippen LogP contribution in [0.5, 0.6) is 0 Å². The Morgan fingerprint density at radius 3 is 2.35 bits per heavy atom. The van der Waals surface area contributed by atoms with Gasteiger partial charge in [-0.05, 0) is 64.2 Å². The van der Waals surface area contributed by atoms with E-state index in [0.717, 1.165) is 46.1 Å². The molecule has 0 saturated heterocycles. The Balaban J connectivity index is 2.01. The fourth-order valence-corrected chi connectivity index (χ4v) is 5.18. The van der Waals surface area contributed by atoms with Gasteiger partial charge in [0.25, 0.3) is 0 Å². The number of H-pyrrole nitrogens is 2. The molecule has 0 radical (unpaired) electrons. The van der Waals surface area contributed by atoms with E-state index in [1.165, 1.54) is 6.20 Å².